The van der Waals surface area contributed by atoms with Gasteiger partial charge < -0.3 is 4.98 Å². The van der Waals surface area contributed by atoms with Crippen molar-refractivity contribution in [2.45, 2.75) is 12.6 Å². The number of fused-ring (bicyclic) bond motifs is 1. The third-order valence-electron chi connectivity index (χ3n) is 4.52. The molecule has 0 aliphatic heterocycles. The lowest BCUT2D eigenvalue weighted by atomic mass is 10.1. The van der Waals surface area contributed by atoms with Gasteiger partial charge in [-0.25, -0.2) is 4.98 Å². The molecule has 2 aromatic heterocycles. The number of hydrogen-bond acceptors (Lipinski definition) is 4. The highest BCUT2D eigenvalue weighted by atomic mass is 32.1. The monoisotopic (exact) mass is 444 g/mol. The molecule has 0 atom stereocenters. The molecule has 0 fully saturated rings. The maximum Gasteiger partial charge on any atom is 0.416 e. The number of carbonyl (C=O) groups is 2. The van der Waals surface area contributed by atoms with E-state index >= 15 is 0 Å². The number of H-pyrrole nitrogens is 1. The number of thiazole rings is 1. The van der Waals surface area contributed by atoms with Gasteiger partial charge in [-0.3, -0.25) is 20.4 Å². The molecule has 0 saturated carbocycles. The van der Waals surface area contributed by atoms with Crippen LogP contribution < -0.4 is 10.9 Å². The van der Waals surface area contributed by atoms with Gasteiger partial charge in [-0.2, -0.15) is 13.2 Å². The molecular weight excluding hydrogens is 429 g/mol. The number of halogens is 3. The molecule has 0 saturated heterocycles. The lowest BCUT2D eigenvalue weighted by Gasteiger charge is -2.07. The van der Waals surface area contributed by atoms with Crippen molar-refractivity contribution in [1.29, 1.82) is 0 Å². The molecule has 10 heteroatoms. The molecule has 31 heavy (non-hydrogen) atoms. The fourth-order valence-electron chi connectivity index (χ4n) is 3.02. The van der Waals surface area contributed by atoms with Crippen molar-refractivity contribution in [1.82, 2.24) is 20.8 Å². The van der Waals surface area contributed by atoms with E-state index in [2.05, 4.69) is 20.8 Å². The number of aromatic amines is 1. The van der Waals surface area contributed by atoms with E-state index in [1.807, 2.05) is 24.3 Å². The number of nitrogens with zero attached hydrogens (tertiary/aromatic N) is 1. The van der Waals surface area contributed by atoms with Gasteiger partial charge in [0.05, 0.1) is 12.0 Å². The van der Waals surface area contributed by atoms with Gasteiger partial charge in [-0.05, 0) is 23.8 Å². The zero-order valence-corrected chi connectivity index (χ0v) is 16.6. The molecule has 158 valence electrons. The lowest BCUT2D eigenvalue weighted by molar-refractivity contribution is -0.137. The predicted molar refractivity (Wildman–Crippen MR) is 110 cm³/mol. The normalized spacial score (nSPS) is 11.5. The molecule has 0 radical (unpaired) electrons. The lowest BCUT2D eigenvalue weighted by Crippen LogP contribution is -2.42. The quantitative estimate of drug-likeness (QED) is 0.410. The molecule has 0 unspecified atom stereocenters. The zero-order chi connectivity index (χ0) is 22.0. The average Bonchev–Trinajstić information content (AvgIpc) is 3.40. The van der Waals surface area contributed by atoms with Gasteiger partial charge in [-0.1, -0.05) is 30.3 Å². The molecule has 0 aliphatic carbocycles. The van der Waals surface area contributed by atoms with E-state index in [0.29, 0.717) is 0 Å². The van der Waals surface area contributed by atoms with Crippen LogP contribution in [-0.4, -0.2) is 21.8 Å². The van der Waals surface area contributed by atoms with Crippen molar-refractivity contribution in [3.63, 3.8) is 0 Å². The van der Waals surface area contributed by atoms with Crippen molar-refractivity contribution >= 4 is 34.1 Å². The SMILES string of the molecule is O=C(Cc1c[nH]c2ccccc12)NNC(=O)c1csc(-c2cccc(C(F)(F)F)c2)n1. The van der Waals surface area contributed by atoms with Crippen LogP contribution >= 0.6 is 11.3 Å². The number of hydrazine groups is 1. The third-order valence-corrected chi connectivity index (χ3v) is 5.41. The van der Waals surface area contributed by atoms with Crippen molar-refractivity contribution in [2.75, 3.05) is 0 Å². The standard InChI is InChI=1S/C21H15F3N4O2S/c22-21(23,24)14-5-3-4-12(8-14)20-26-17(11-31-20)19(30)28-27-18(29)9-13-10-25-16-7-2-1-6-15(13)16/h1-8,10-11,25H,9H2,(H,27,29)(H,28,30). The Morgan fingerprint density at radius 1 is 1.06 bits per heavy atom. The summed E-state index contributed by atoms with van der Waals surface area (Å²) in [4.78, 5) is 31.6. The Bertz CT molecular complexity index is 1260. The third kappa shape index (κ3) is 4.58. The Morgan fingerprint density at radius 3 is 2.68 bits per heavy atom. The minimum atomic E-state index is -4.47. The Kier molecular flexibility index (Phi) is 5.47. The number of carbonyl (C=O) groups excluding carboxylic acids is 2. The van der Waals surface area contributed by atoms with E-state index in [0.717, 1.165) is 39.9 Å². The first-order chi connectivity index (χ1) is 14.8. The summed E-state index contributed by atoms with van der Waals surface area (Å²) >= 11 is 1.03. The highest BCUT2D eigenvalue weighted by Crippen LogP contribution is 2.33. The summed E-state index contributed by atoms with van der Waals surface area (Å²) in [6.07, 6.45) is -2.69. The molecule has 2 heterocycles. The number of amides is 2. The van der Waals surface area contributed by atoms with E-state index < -0.39 is 23.6 Å². The predicted octanol–water partition coefficient (Wildman–Crippen LogP) is 4.31. The van der Waals surface area contributed by atoms with E-state index in [4.69, 9.17) is 0 Å². The Labute approximate surface area is 178 Å². The fraction of sp³-hybridized carbons (Fsp3) is 0.0952. The van der Waals surface area contributed by atoms with Crippen molar-refractivity contribution in [2.24, 2.45) is 0 Å². The molecular formula is C21H15F3N4O2S. The molecule has 0 spiro atoms. The van der Waals surface area contributed by atoms with Crippen LogP contribution in [0.3, 0.4) is 0 Å². The minimum Gasteiger partial charge on any atom is -0.361 e. The van der Waals surface area contributed by atoms with Crippen molar-refractivity contribution < 1.29 is 22.8 Å². The number of benzene rings is 2. The average molecular weight is 444 g/mol. The van der Waals surface area contributed by atoms with E-state index in [1.165, 1.54) is 17.5 Å². The van der Waals surface area contributed by atoms with E-state index in [-0.39, 0.29) is 22.7 Å². The second-order valence-electron chi connectivity index (χ2n) is 6.66. The van der Waals surface area contributed by atoms with Gasteiger partial charge in [0.1, 0.15) is 10.7 Å². The minimum absolute atomic E-state index is 0.00944. The van der Waals surface area contributed by atoms with Crippen LogP contribution in [0, 0.1) is 0 Å². The highest BCUT2D eigenvalue weighted by Gasteiger charge is 2.30. The maximum atomic E-state index is 12.9. The molecule has 3 N–H and O–H groups in total. The number of rotatable bonds is 4. The van der Waals surface area contributed by atoms with Crippen LogP contribution in [0.25, 0.3) is 21.5 Å². The first kappa shape index (κ1) is 20.6. The first-order valence-corrected chi connectivity index (χ1v) is 9.96. The zero-order valence-electron chi connectivity index (χ0n) is 15.8. The molecule has 4 rings (SSSR count). The van der Waals surface area contributed by atoms with E-state index in [9.17, 15) is 22.8 Å². The molecule has 0 aliphatic rings. The summed E-state index contributed by atoms with van der Waals surface area (Å²) in [5, 5.41) is 2.59. The number of nitrogens with one attached hydrogen (secondary N) is 3. The smallest absolute Gasteiger partial charge is 0.361 e. The number of aromatic nitrogens is 2. The second-order valence-corrected chi connectivity index (χ2v) is 7.51. The summed E-state index contributed by atoms with van der Waals surface area (Å²) in [7, 11) is 0. The fourth-order valence-corrected chi connectivity index (χ4v) is 3.82. The van der Waals surface area contributed by atoms with Crippen LogP contribution in [0.15, 0.2) is 60.1 Å². The first-order valence-electron chi connectivity index (χ1n) is 9.08. The van der Waals surface area contributed by atoms with Gasteiger partial charge in [-0.15, -0.1) is 11.3 Å². The highest BCUT2D eigenvalue weighted by molar-refractivity contribution is 7.13. The Balaban J connectivity index is 1.39. The van der Waals surface area contributed by atoms with Crippen LogP contribution in [0.1, 0.15) is 21.6 Å². The maximum absolute atomic E-state index is 12.9. The molecule has 4 aromatic rings. The Hall–Kier alpha value is -3.66. The number of alkyl halides is 3. The topological polar surface area (TPSA) is 86.9 Å². The summed E-state index contributed by atoms with van der Waals surface area (Å²) in [6, 6.07) is 12.2. The summed E-state index contributed by atoms with van der Waals surface area (Å²) in [5.41, 5.74) is 5.73. The van der Waals surface area contributed by atoms with Gasteiger partial charge in [0.2, 0.25) is 5.91 Å². The number of hydrogen-bond donors (Lipinski definition) is 3. The van der Waals surface area contributed by atoms with Crippen LogP contribution in [0.4, 0.5) is 13.2 Å². The second kappa shape index (κ2) is 8.23. The Morgan fingerprint density at radius 2 is 1.87 bits per heavy atom. The van der Waals surface area contributed by atoms with E-state index in [1.54, 1.807) is 6.20 Å². The van der Waals surface area contributed by atoms with Crippen molar-refractivity contribution in [3.8, 4) is 10.6 Å². The van der Waals surface area contributed by atoms with Gasteiger partial charge in [0.15, 0.2) is 0 Å². The molecule has 0 bridgehead atoms. The van der Waals surface area contributed by atoms with Crippen molar-refractivity contribution in [3.05, 3.63) is 76.9 Å². The van der Waals surface area contributed by atoms with Gasteiger partial charge in [0, 0.05) is 28.0 Å². The number of para-hydroxylation sites is 1. The largest absolute Gasteiger partial charge is 0.416 e. The summed E-state index contributed by atoms with van der Waals surface area (Å²) in [6.45, 7) is 0. The van der Waals surface area contributed by atoms with Crippen LogP contribution in [0.2, 0.25) is 0 Å². The van der Waals surface area contributed by atoms with Gasteiger partial charge in [0.25, 0.3) is 5.91 Å². The molecule has 2 amide bonds. The summed E-state index contributed by atoms with van der Waals surface area (Å²) < 4.78 is 38.7. The van der Waals surface area contributed by atoms with Crippen LogP contribution in [-0.2, 0) is 17.4 Å². The van der Waals surface area contributed by atoms with Gasteiger partial charge >= 0.3 is 6.18 Å². The van der Waals surface area contributed by atoms with Crippen LogP contribution in [0.5, 0.6) is 0 Å². The molecule has 6 nitrogen and oxygen atoms in total. The summed E-state index contributed by atoms with van der Waals surface area (Å²) in [5.74, 6) is -1.09. The molecule has 2 aromatic carbocycles.